The quantitative estimate of drug-likeness (QED) is 0.316. The van der Waals surface area contributed by atoms with Crippen molar-refractivity contribution in [1.82, 2.24) is 9.78 Å². The highest BCUT2D eigenvalue weighted by molar-refractivity contribution is 9.10. The molecular formula is C23H21BrN2OS2. The summed E-state index contributed by atoms with van der Waals surface area (Å²) in [6.07, 6.45) is 0. The molecule has 0 unspecified atom stereocenters. The molecule has 3 aromatic heterocycles. The van der Waals surface area contributed by atoms with Gasteiger partial charge in [0.05, 0.1) is 11.3 Å². The Labute approximate surface area is 186 Å². The van der Waals surface area contributed by atoms with Crippen molar-refractivity contribution in [3.05, 3.63) is 70.7 Å². The Hall–Kier alpha value is -2.02. The van der Waals surface area contributed by atoms with Crippen LogP contribution in [0.3, 0.4) is 0 Å². The van der Waals surface area contributed by atoms with Crippen LogP contribution in [0.15, 0.2) is 45.7 Å². The molecule has 1 aromatic carbocycles. The van der Waals surface area contributed by atoms with E-state index < -0.39 is 0 Å². The summed E-state index contributed by atoms with van der Waals surface area (Å²) in [6.45, 7) is 8.39. The fourth-order valence-corrected chi connectivity index (χ4v) is 5.84. The second-order valence-electron chi connectivity index (χ2n) is 7.19. The van der Waals surface area contributed by atoms with Crippen molar-refractivity contribution in [3.63, 3.8) is 0 Å². The van der Waals surface area contributed by atoms with Gasteiger partial charge in [-0.1, -0.05) is 28.1 Å². The molecule has 4 aromatic rings. The summed E-state index contributed by atoms with van der Waals surface area (Å²) in [5.74, 6) is 0. The minimum atomic E-state index is -0.0648. The molecule has 0 saturated carbocycles. The van der Waals surface area contributed by atoms with E-state index >= 15 is 0 Å². The molecule has 4 rings (SSSR count). The van der Waals surface area contributed by atoms with Crippen LogP contribution in [0.1, 0.15) is 19.5 Å². The molecule has 0 saturated heterocycles. The zero-order valence-corrected chi connectivity index (χ0v) is 20.2. The Morgan fingerprint density at radius 1 is 0.862 bits per heavy atom. The van der Waals surface area contributed by atoms with Gasteiger partial charge < -0.3 is 0 Å². The molecule has 0 amide bonds. The number of halogens is 1. The Kier molecular flexibility index (Phi) is 5.36. The highest BCUT2D eigenvalue weighted by Crippen LogP contribution is 2.43. The minimum Gasteiger partial charge on any atom is -0.267 e. The predicted molar refractivity (Wildman–Crippen MR) is 128 cm³/mol. The minimum absolute atomic E-state index is 0.0648. The third-order valence-electron chi connectivity index (χ3n) is 4.98. The first-order chi connectivity index (χ1) is 13.8. The predicted octanol–water partition coefficient (Wildman–Crippen LogP) is 6.90. The standard InChI is InChI=1S/C23H21BrN2OS2/c1-12-10-18(14(3)28-12)20-21(19-11-13(2)29-15(19)4)23(27)26(5)25-22(20)16-6-8-17(24)9-7-16/h6-11H,1-5H3. The van der Waals surface area contributed by atoms with Crippen LogP contribution in [0.4, 0.5) is 0 Å². The number of hydrogen-bond donors (Lipinski definition) is 0. The lowest BCUT2D eigenvalue weighted by atomic mass is 9.92. The van der Waals surface area contributed by atoms with Gasteiger partial charge in [-0.05, 0) is 57.5 Å². The molecule has 0 fully saturated rings. The molecule has 0 bridgehead atoms. The van der Waals surface area contributed by atoms with Gasteiger partial charge in [-0.2, -0.15) is 5.10 Å². The lowest BCUT2D eigenvalue weighted by Gasteiger charge is -2.16. The number of nitrogens with zero attached hydrogens (tertiary/aromatic N) is 2. The van der Waals surface area contributed by atoms with E-state index in [9.17, 15) is 4.79 Å². The zero-order valence-electron chi connectivity index (χ0n) is 17.0. The molecule has 3 heterocycles. The fourth-order valence-electron chi connectivity index (χ4n) is 3.71. The summed E-state index contributed by atoms with van der Waals surface area (Å²) in [4.78, 5) is 18.2. The average molecular weight is 485 g/mol. The van der Waals surface area contributed by atoms with Gasteiger partial charge in [-0.15, -0.1) is 22.7 Å². The van der Waals surface area contributed by atoms with Crippen LogP contribution >= 0.6 is 38.6 Å². The van der Waals surface area contributed by atoms with Crippen molar-refractivity contribution in [3.8, 4) is 33.5 Å². The van der Waals surface area contributed by atoms with Crippen LogP contribution < -0.4 is 5.56 Å². The fraction of sp³-hybridized carbons (Fsp3) is 0.217. The largest absolute Gasteiger partial charge is 0.275 e. The smallest absolute Gasteiger partial charge is 0.267 e. The summed E-state index contributed by atoms with van der Waals surface area (Å²) in [5.41, 5.74) is 5.53. The summed E-state index contributed by atoms with van der Waals surface area (Å²) in [6, 6.07) is 12.4. The highest BCUT2D eigenvalue weighted by atomic mass is 79.9. The maximum absolute atomic E-state index is 13.4. The van der Waals surface area contributed by atoms with Crippen molar-refractivity contribution < 1.29 is 0 Å². The molecular weight excluding hydrogens is 464 g/mol. The Bertz CT molecular complexity index is 1280. The van der Waals surface area contributed by atoms with Gasteiger partial charge in [0, 0.05) is 47.7 Å². The Morgan fingerprint density at radius 2 is 1.38 bits per heavy atom. The van der Waals surface area contributed by atoms with Gasteiger partial charge in [-0.3, -0.25) is 4.79 Å². The van der Waals surface area contributed by atoms with E-state index in [1.54, 1.807) is 29.7 Å². The monoisotopic (exact) mass is 484 g/mol. The second-order valence-corrected chi connectivity index (χ2v) is 11.0. The third-order valence-corrected chi connectivity index (χ3v) is 7.44. The summed E-state index contributed by atoms with van der Waals surface area (Å²) < 4.78 is 2.48. The van der Waals surface area contributed by atoms with E-state index in [0.717, 1.165) is 42.9 Å². The van der Waals surface area contributed by atoms with Gasteiger partial charge in [0.25, 0.3) is 5.56 Å². The van der Waals surface area contributed by atoms with Crippen LogP contribution in [0.5, 0.6) is 0 Å². The molecule has 3 nitrogen and oxygen atoms in total. The highest BCUT2D eigenvalue weighted by Gasteiger charge is 2.24. The summed E-state index contributed by atoms with van der Waals surface area (Å²) in [5, 5.41) is 4.72. The molecule has 0 aliphatic carbocycles. The molecule has 0 atom stereocenters. The van der Waals surface area contributed by atoms with Crippen LogP contribution in [-0.4, -0.2) is 9.78 Å². The molecule has 148 valence electrons. The lowest BCUT2D eigenvalue weighted by molar-refractivity contribution is 0.715. The van der Waals surface area contributed by atoms with Crippen LogP contribution in [0, 0.1) is 27.7 Å². The van der Waals surface area contributed by atoms with E-state index in [1.807, 2.05) is 24.3 Å². The number of rotatable bonds is 3. The molecule has 0 aliphatic heterocycles. The van der Waals surface area contributed by atoms with Crippen LogP contribution in [-0.2, 0) is 7.05 Å². The number of benzene rings is 1. The van der Waals surface area contributed by atoms with Crippen molar-refractivity contribution in [1.29, 1.82) is 0 Å². The normalized spacial score (nSPS) is 11.2. The van der Waals surface area contributed by atoms with Crippen molar-refractivity contribution in [2.45, 2.75) is 27.7 Å². The van der Waals surface area contributed by atoms with Crippen LogP contribution in [0.2, 0.25) is 0 Å². The Balaban J connectivity index is 2.17. The first-order valence-corrected chi connectivity index (χ1v) is 11.7. The van der Waals surface area contributed by atoms with Gasteiger partial charge in [0.2, 0.25) is 0 Å². The number of hydrogen-bond acceptors (Lipinski definition) is 4. The molecule has 0 spiro atoms. The third kappa shape index (κ3) is 3.65. The van der Waals surface area contributed by atoms with Gasteiger partial charge in [-0.25, -0.2) is 4.68 Å². The molecule has 29 heavy (non-hydrogen) atoms. The van der Waals surface area contributed by atoms with Crippen molar-refractivity contribution >= 4 is 38.6 Å². The SMILES string of the molecule is Cc1cc(-c2c(-c3ccc(Br)cc3)nn(C)c(=O)c2-c2cc(C)sc2C)c(C)s1. The summed E-state index contributed by atoms with van der Waals surface area (Å²) >= 11 is 6.99. The number of aryl methyl sites for hydroxylation is 5. The lowest BCUT2D eigenvalue weighted by Crippen LogP contribution is -2.23. The molecule has 0 N–H and O–H groups in total. The number of thiophene rings is 2. The van der Waals surface area contributed by atoms with E-state index in [4.69, 9.17) is 5.10 Å². The van der Waals surface area contributed by atoms with Crippen molar-refractivity contribution in [2.75, 3.05) is 0 Å². The van der Waals surface area contributed by atoms with Crippen LogP contribution in [0.25, 0.3) is 33.5 Å². The first kappa shape index (κ1) is 20.3. The van der Waals surface area contributed by atoms with Gasteiger partial charge in [0.15, 0.2) is 0 Å². The topological polar surface area (TPSA) is 34.9 Å². The maximum Gasteiger partial charge on any atom is 0.275 e. The zero-order chi connectivity index (χ0) is 20.9. The van der Waals surface area contributed by atoms with Crippen molar-refractivity contribution in [2.24, 2.45) is 7.05 Å². The van der Waals surface area contributed by atoms with E-state index in [0.29, 0.717) is 0 Å². The Morgan fingerprint density at radius 3 is 1.86 bits per heavy atom. The van der Waals surface area contributed by atoms with Gasteiger partial charge in [0.1, 0.15) is 0 Å². The van der Waals surface area contributed by atoms with Gasteiger partial charge >= 0.3 is 0 Å². The molecule has 6 heteroatoms. The first-order valence-electron chi connectivity index (χ1n) is 9.28. The maximum atomic E-state index is 13.4. The second kappa shape index (κ2) is 7.67. The molecule has 0 radical (unpaired) electrons. The average Bonchev–Trinajstić information content (AvgIpc) is 3.17. The van der Waals surface area contributed by atoms with E-state index in [2.05, 4.69) is 55.8 Å². The number of aromatic nitrogens is 2. The van der Waals surface area contributed by atoms with E-state index in [1.165, 1.54) is 19.3 Å². The molecule has 0 aliphatic rings. The summed E-state index contributed by atoms with van der Waals surface area (Å²) in [7, 11) is 1.73. The van der Waals surface area contributed by atoms with E-state index in [-0.39, 0.29) is 5.56 Å².